The number of hydrogen-bond donors (Lipinski definition) is 1. The number of rotatable bonds is 5. The highest BCUT2D eigenvalue weighted by Crippen LogP contribution is 2.15. The quantitative estimate of drug-likeness (QED) is 0.811. The van der Waals surface area contributed by atoms with E-state index in [1.54, 1.807) is 24.3 Å². The second-order valence-corrected chi connectivity index (χ2v) is 5.55. The molecule has 1 aromatic rings. The van der Waals surface area contributed by atoms with Crippen LogP contribution in [0.5, 0.6) is 0 Å². The Bertz CT molecular complexity index is 400. The standard InChI is InChI=1S/C10H14ClNO2S/c1-2-12-9-3-5-10(6-4-9)15(13,14)8-7-11/h3-6,12H,2,7-8H2,1H3. The van der Waals surface area contributed by atoms with E-state index in [2.05, 4.69) is 5.32 Å². The van der Waals surface area contributed by atoms with Crippen LogP contribution in [0.4, 0.5) is 5.69 Å². The zero-order chi connectivity index (χ0) is 11.3. The fourth-order valence-corrected chi connectivity index (χ4v) is 2.80. The molecule has 0 atom stereocenters. The van der Waals surface area contributed by atoms with Crippen LogP contribution in [0.3, 0.4) is 0 Å². The van der Waals surface area contributed by atoms with Crippen molar-refractivity contribution in [3.63, 3.8) is 0 Å². The monoisotopic (exact) mass is 247 g/mol. The third kappa shape index (κ3) is 3.39. The molecule has 1 rings (SSSR count). The normalized spacial score (nSPS) is 11.3. The summed E-state index contributed by atoms with van der Waals surface area (Å²) in [7, 11) is -3.20. The Morgan fingerprint density at radius 2 is 1.87 bits per heavy atom. The Morgan fingerprint density at radius 3 is 2.33 bits per heavy atom. The number of sulfone groups is 1. The Balaban J connectivity index is 2.89. The molecule has 0 aromatic heterocycles. The molecule has 84 valence electrons. The summed E-state index contributed by atoms with van der Waals surface area (Å²) in [6, 6.07) is 6.70. The molecule has 0 radical (unpaired) electrons. The molecule has 0 saturated heterocycles. The summed E-state index contributed by atoms with van der Waals surface area (Å²) in [5.41, 5.74) is 0.919. The highest BCUT2D eigenvalue weighted by molar-refractivity contribution is 7.91. The van der Waals surface area contributed by atoms with E-state index in [9.17, 15) is 8.42 Å². The van der Waals surface area contributed by atoms with E-state index in [0.717, 1.165) is 12.2 Å². The lowest BCUT2D eigenvalue weighted by molar-refractivity contribution is 0.597. The van der Waals surface area contributed by atoms with E-state index in [0.29, 0.717) is 4.90 Å². The van der Waals surface area contributed by atoms with Gasteiger partial charge in [-0.1, -0.05) is 0 Å². The van der Waals surface area contributed by atoms with E-state index in [4.69, 9.17) is 11.6 Å². The van der Waals surface area contributed by atoms with Crippen LogP contribution in [0.15, 0.2) is 29.2 Å². The molecule has 0 aliphatic heterocycles. The van der Waals surface area contributed by atoms with Crippen LogP contribution in [-0.4, -0.2) is 26.6 Å². The van der Waals surface area contributed by atoms with Gasteiger partial charge >= 0.3 is 0 Å². The summed E-state index contributed by atoms with van der Waals surface area (Å²) in [4.78, 5) is 0.324. The molecular weight excluding hydrogens is 234 g/mol. The van der Waals surface area contributed by atoms with Crippen LogP contribution < -0.4 is 5.32 Å². The van der Waals surface area contributed by atoms with Crippen LogP contribution in [0, 0.1) is 0 Å². The summed E-state index contributed by atoms with van der Waals surface area (Å²) in [5, 5.41) is 3.10. The second-order valence-electron chi connectivity index (χ2n) is 3.06. The number of hydrogen-bond acceptors (Lipinski definition) is 3. The van der Waals surface area contributed by atoms with Crippen molar-refractivity contribution < 1.29 is 8.42 Å². The van der Waals surface area contributed by atoms with E-state index in [1.807, 2.05) is 6.92 Å². The van der Waals surface area contributed by atoms with Crippen molar-refractivity contribution in [2.24, 2.45) is 0 Å². The van der Waals surface area contributed by atoms with Crippen molar-refractivity contribution in [3.8, 4) is 0 Å². The van der Waals surface area contributed by atoms with Crippen LogP contribution in [-0.2, 0) is 9.84 Å². The van der Waals surface area contributed by atoms with Gasteiger partial charge in [-0.25, -0.2) is 8.42 Å². The van der Waals surface area contributed by atoms with Gasteiger partial charge in [0.15, 0.2) is 9.84 Å². The smallest absolute Gasteiger partial charge is 0.179 e. The molecule has 3 nitrogen and oxygen atoms in total. The average molecular weight is 248 g/mol. The molecule has 0 fully saturated rings. The third-order valence-corrected chi connectivity index (χ3v) is 4.09. The Labute approximate surface area is 95.4 Å². The van der Waals surface area contributed by atoms with E-state index < -0.39 is 9.84 Å². The first-order valence-electron chi connectivity index (χ1n) is 4.73. The summed E-state index contributed by atoms with van der Waals surface area (Å²) >= 11 is 5.43. The van der Waals surface area contributed by atoms with Crippen LogP contribution >= 0.6 is 11.6 Å². The van der Waals surface area contributed by atoms with Crippen molar-refractivity contribution in [1.82, 2.24) is 0 Å². The lowest BCUT2D eigenvalue weighted by atomic mass is 10.3. The van der Waals surface area contributed by atoms with Gasteiger partial charge in [-0.05, 0) is 31.2 Å². The van der Waals surface area contributed by atoms with Gasteiger partial charge in [-0.2, -0.15) is 0 Å². The van der Waals surface area contributed by atoms with Gasteiger partial charge in [0, 0.05) is 18.1 Å². The van der Waals surface area contributed by atoms with Crippen molar-refractivity contribution in [3.05, 3.63) is 24.3 Å². The maximum Gasteiger partial charge on any atom is 0.179 e. The minimum atomic E-state index is -3.20. The number of benzene rings is 1. The molecule has 1 N–H and O–H groups in total. The molecule has 0 amide bonds. The molecule has 0 aliphatic rings. The Morgan fingerprint density at radius 1 is 1.27 bits per heavy atom. The lowest BCUT2D eigenvalue weighted by Crippen LogP contribution is -2.07. The molecule has 0 saturated carbocycles. The molecule has 0 aliphatic carbocycles. The first-order chi connectivity index (χ1) is 7.10. The highest BCUT2D eigenvalue weighted by Gasteiger charge is 2.12. The minimum Gasteiger partial charge on any atom is -0.385 e. The number of alkyl halides is 1. The highest BCUT2D eigenvalue weighted by atomic mass is 35.5. The van der Waals surface area contributed by atoms with Crippen LogP contribution in [0.2, 0.25) is 0 Å². The van der Waals surface area contributed by atoms with Crippen molar-refractivity contribution in [1.29, 1.82) is 0 Å². The lowest BCUT2D eigenvalue weighted by Gasteiger charge is -2.05. The second kappa shape index (κ2) is 5.37. The Hall–Kier alpha value is -0.740. The molecule has 0 heterocycles. The zero-order valence-corrected chi connectivity index (χ0v) is 10.1. The summed E-state index contributed by atoms with van der Waals surface area (Å²) in [6.45, 7) is 2.80. The Kier molecular flexibility index (Phi) is 4.42. The summed E-state index contributed by atoms with van der Waals surface area (Å²) in [6.07, 6.45) is 0. The third-order valence-electron chi connectivity index (χ3n) is 1.94. The van der Waals surface area contributed by atoms with Crippen LogP contribution in [0.1, 0.15) is 6.92 Å². The zero-order valence-electron chi connectivity index (χ0n) is 8.53. The first-order valence-corrected chi connectivity index (χ1v) is 6.91. The fraction of sp³-hybridized carbons (Fsp3) is 0.400. The maximum atomic E-state index is 11.6. The van der Waals surface area contributed by atoms with Gasteiger partial charge in [-0.15, -0.1) is 11.6 Å². The molecule has 5 heteroatoms. The van der Waals surface area contributed by atoms with Crippen molar-refractivity contribution in [2.45, 2.75) is 11.8 Å². The number of anilines is 1. The molecule has 0 unspecified atom stereocenters. The molecule has 1 aromatic carbocycles. The molecule has 0 spiro atoms. The van der Waals surface area contributed by atoms with Crippen molar-refractivity contribution >= 4 is 27.1 Å². The number of halogens is 1. The van der Waals surface area contributed by atoms with E-state index in [-0.39, 0.29) is 11.6 Å². The largest absolute Gasteiger partial charge is 0.385 e. The van der Waals surface area contributed by atoms with E-state index >= 15 is 0 Å². The average Bonchev–Trinajstić information content (AvgIpc) is 2.19. The molecular formula is C10H14ClNO2S. The van der Waals surface area contributed by atoms with Gasteiger partial charge < -0.3 is 5.32 Å². The predicted octanol–water partition coefficient (Wildman–Crippen LogP) is 2.13. The van der Waals surface area contributed by atoms with Crippen LogP contribution in [0.25, 0.3) is 0 Å². The fourth-order valence-electron chi connectivity index (χ4n) is 1.20. The van der Waals surface area contributed by atoms with E-state index in [1.165, 1.54) is 0 Å². The maximum absolute atomic E-state index is 11.6. The minimum absolute atomic E-state index is 0.0187. The number of nitrogens with one attached hydrogen (secondary N) is 1. The van der Waals surface area contributed by atoms with Gasteiger partial charge in [0.25, 0.3) is 0 Å². The topological polar surface area (TPSA) is 46.2 Å². The van der Waals surface area contributed by atoms with Gasteiger partial charge in [0.05, 0.1) is 10.6 Å². The molecule has 0 bridgehead atoms. The van der Waals surface area contributed by atoms with Gasteiger partial charge in [0.2, 0.25) is 0 Å². The van der Waals surface area contributed by atoms with Gasteiger partial charge in [0.1, 0.15) is 0 Å². The molecule has 15 heavy (non-hydrogen) atoms. The summed E-state index contributed by atoms with van der Waals surface area (Å²) < 4.78 is 23.2. The van der Waals surface area contributed by atoms with Gasteiger partial charge in [-0.3, -0.25) is 0 Å². The summed E-state index contributed by atoms with van der Waals surface area (Å²) in [5.74, 6) is 0.104. The first kappa shape index (κ1) is 12.3. The predicted molar refractivity (Wildman–Crippen MR) is 63.4 cm³/mol. The SMILES string of the molecule is CCNc1ccc(S(=O)(=O)CCCl)cc1. The van der Waals surface area contributed by atoms with Crippen molar-refractivity contribution in [2.75, 3.05) is 23.5 Å².